The molecule has 1 aromatic rings. The third-order valence-corrected chi connectivity index (χ3v) is 1.64. The SMILES string of the molecule is C=C(C(=O)O)n1c(C)cc(=O)[nH]c1=O. The average molecular weight is 196 g/mol. The van der Waals surface area contributed by atoms with E-state index in [1.807, 2.05) is 4.98 Å². The van der Waals surface area contributed by atoms with Crippen LogP contribution >= 0.6 is 0 Å². The highest BCUT2D eigenvalue weighted by molar-refractivity contribution is 6.07. The van der Waals surface area contributed by atoms with E-state index in [2.05, 4.69) is 6.58 Å². The molecule has 0 aliphatic rings. The number of H-pyrrole nitrogens is 1. The molecule has 14 heavy (non-hydrogen) atoms. The van der Waals surface area contributed by atoms with Crippen molar-refractivity contribution >= 4 is 11.7 Å². The summed E-state index contributed by atoms with van der Waals surface area (Å²) in [5.41, 5.74) is -1.54. The Morgan fingerprint density at radius 1 is 1.57 bits per heavy atom. The summed E-state index contributed by atoms with van der Waals surface area (Å²) in [5, 5.41) is 8.60. The van der Waals surface area contributed by atoms with E-state index in [1.54, 1.807) is 0 Å². The summed E-state index contributed by atoms with van der Waals surface area (Å²) >= 11 is 0. The number of aromatic nitrogens is 2. The van der Waals surface area contributed by atoms with E-state index in [4.69, 9.17) is 5.11 Å². The quantitative estimate of drug-likeness (QED) is 0.618. The fraction of sp³-hybridized carbons (Fsp3) is 0.125. The van der Waals surface area contributed by atoms with Crippen molar-refractivity contribution in [1.82, 2.24) is 9.55 Å². The first-order valence-electron chi connectivity index (χ1n) is 3.69. The minimum Gasteiger partial charge on any atom is -0.477 e. The summed E-state index contributed by atoms with van der Waals surface area (Å²) in [6.07, 6.45) is 0. The summed E-state index contributed by atoms with van der Waals surface area (Å²) in [6, 6.07) is 1.12. The number of aliphatic carboxylic acids is 1. The van der Waals surface area contributed by atoms with Gasteiger partial charge in [-0.15, -0.1) is 0 Å². The molecule has 0 atom stereocenters. The molecule has 0 radical (unpaired) electrons. The summed E-state index contributed by atoms with van der Waals surface area (Å²) in [7, 11) is 0. The van der Waals surface area contributed by atoms with Crippen molar-refractivity contribution in [2.24, 2.45) is 0 Å². The zero-order chi connectivity index (χ0) is 10.9. The van der Waals surface area contributed by atoms with Crippen molar-refractivity contribution in [1.29, 1.82) is 0 Å². The lowest BCUT2D eigenvalue weighted by Gasteiger charge is -2.06. The molecule has 0 aliphatic heterocycles. The molecule has 1 rings (SSSR count). The maximum Gasteiger partial charge on any atom is 0.352 e. The lowest BCUT2D eigenvalue weighted by Crippen LogP contribution is -2.32. The van der Waals surface area contributed by atoms with Crippen LogP contribution in [-0.2, 0) is 4.79 Å². The number of aryl methyl sites for hydroxylation is 1. The number of aromatic amines is 1. The van der Waals surface area contributed by atoms with Gasteiger partial charge >= 0.3 is 11.7 Å². The van der Waals surface area contributed by atoms with E-state index in [0.717, 1.165) is 10.6 Å². The Balaban J connectivity index is 3.51. The Morgan fingerprint density at radius 2 is 2.14 bits per heavy atom. The number of nitrogens with zero attached hydrogens (tertiary/aromatic N) is 1. The number of carboxylic acid groups (broad SMARTS) is 1. The van der Waals surface area contributed by atoms with E-state index >= 15 is 0 Å². The molecule has 6 nitrogen and oxygen atoms in total. The van der Waals surface area contributed by atoms with Crippen LogP contribution in [0.15, 0.2) is 22.2 Å². The molecule has 0 saturated heterocycles. The van der Waals surface area contributed by atoms with E-state index < -0.39 is 22.9 Å². The van der Waals surface area contributed by atoms with Gasteiger partial charge in [0.05, 0.1) is 0 Å². The van der Waals surface area contributed by atoms with Gasteiger partial charge in [0.2, 0.25) is 0 Å². The molecule has 6 heteroatoms. The van der Waals surface area contributed by atoms with E-state index in [1.165, 1.54) is 6.92 Å². The minimum atomic E-state index is -1.32. The van der Waals surface area contributed by atoms with E-state index in [-0.39, 0.29) is 5.69 Å². The van der Waals surface area contributed by atoms with E-state index in [9.17, 15) is 14.4 Å². The number of carboxylic acids is 1. The molecule has 0 saturated carbocycles. The number of hydrogen-bond donors (Lipinski definition) is 2. The molecule has 2 N–H and O–H groups in total. The normalized spacial score (nSPS) is 9.79. The van der Waals surface area contributed by atoms with Crippen molar-refractivity contribution < 1.29 is 9.90 Å². The maximum atomic E-state index is 11.2. The molecule has 0 amide bonds. The molecule has 0 fully saturated rings. The molecule has 1 aromatic heterocycles. The summed E-state index contributed by atoms with van der Waals surface area (Å²) < 4.78 is 0.823. The highest BCUT2D eigenvalue weighted by Gasteiger charge is 2.11. The van der Waals surface area contributed by atoms with Crippen LogP contribution in [-0.4, -0.2) is 20.6 Å². The Bertz CT molecular complexity index is 509. The van der Waals surface area contributed by atoms with Gasteiger partial charge in [0.15, 0.2) is 0 Å². The van der Waals surface area contributed by atoms with Gasteiger partial charge < -0.3 is 5.11 Å². The monoisotopic (exact) mass is 196 g/mol. The van der Waals surface area contributed by atoms with Gasteiger partial charge in [-0.05, 0) is 6.92 Å². The second kappa shape index (κ2) is 3.33. The van der Waals surface area contributed by atoms with Crippen LogP contribution in [0.25, 0.3) is 5.70 Å². The molecular formula is C8H8N2O4. The predicted octanol–water partition coefficient (Wildman–Crippen LogP) is -0.600. The highest BCUT2D eigenvalue weighted by Crippen LogP contribution is 1.99. The number of rotatable bonds is 2. The smallest absolute Gasteiger partial charge is 0.352 e. The van der Waals surface area contributed by atoms with Crippen molar-refractivity contribution in [3.05, 3.63) is 39.2 Å². The van der Waals surface area contributed by atoms with Crippen molar-refractivity contribution in [3.63, 3.8) is 0 Å². The van der Waals surface area contributed by atoms with Gasteiger partial charge in [-0.3, -0.25) is 14.3 Å². The molecule has 74 valence electrons. The maximum absolute atomic E-state index is 11.2. The van der Waals surface area contributed by atoms with Gasteiger partial charge in [0.1, 0.15) is 5.70 Å². The Morgan fingerprint density at radius 3 is 2.57 bits per heavy atom. The largest absolute Gasteiger partial charge is 0.477 e. The molecule has 0 bridgehead atoms. The van der Waals surface area contributed by atoms with Gasteiger partial charge in [0, 0.05) is 11.8 Å². The van der Waals surface area contributed by atoms with Crippen molar-refractivity contribution in [3.8, 4) is 0 Å². The second-order valence-electron chi connectivity index (χ2n) is 2.67. The minimum absolute atomic E-state index is 0.228. The van der Waals surface area contributed by atoms with Gasteiger partial charge in [-0.25, -0.2) is 9.59 Å². The zero-order valence-electron chi connectivity index (χ0n) is 7.40. The molecule has 0 aliphatic carbocycles. The van der Waals surface area contributed by atoms with Gasteiger partial charge in [0.25, 0.3) is 5.56 Å². The highest BCUT2D eigenvalue weighted by atomic mass is 16.4. The van der Waals surface area contributed by atoms with Crippen molar-refractivity contribution in [2.45, 2.75) is 6.92 Å². The molecule has 0 spiro atoms. The number of nitrogens with one attached hydrogen (secondary N) is 1. The number of hydrogen-bond acceptors (Lipinski definition) is 3. The van der Waals surface area contributed by atoms with Crippen LogP contribution in [0, 0.1) is 6.92 Å². The summed E-state index contributed by atoms with van der Waals surface area (Å²) in [4.78, 5) is 34.5. The average Bonchev–Trinajstić information content (AvgIpc) is 2.01. The van der Waals surface area contributed by atoms with Gasteiger partial charge in [-0.2, -0.15) is 0 Å². The van der Waals surface area contributed by atoms with E-state index in [0.29, 0.717) is 0 Å². The third-order valence-electron chi connectivity index (χ3n) is 1.64. The zero-order valence-corrected chi connectivity index (χ0v) is 7.40. The molecule has 0 unspecified atom stereocenters. The predicted molar refractivity (Wildman–Crippen MR) is 49.0 cm³/mol. The summed E-state index contributed by atoms with van der Waals surface area (Å²) in [5.74, 6) is -1.32. The van der Waals surface area contributed by atoms with Crippen LogP contribution in [0.2, 0.25) is 0 Å². The van der Waals surface area contributed by atoms with Crippen LogP contribution in [0.5, 0.6) is 0 Å². The van der Waals surface area contributed by atoms with Crippen LogP contribution in [0.1, 0.15) is 5.69 Å². The molecular weight excluding hydrogens is 188 g/mol. The fourth-order valence-electron chi connectivity index (χ4n) is 1.04. The lowest BCUT2D eigenvalue weighted by atomic mass is 10.4. The molecule has 1 heterocycles. The lowest BCUT2D eigenvalue weighted by molar-refractivity contribution is -0.130. The summed E-state index contributed by atoms with van der Waals surface area (Å²) in [6.45, 7) is 4.67. The Hall–Kier alpha value is -2.11. The Labute approximate surface area is 78.1 Å². The molecule has 0 aromatic carbocycles. The van der Waals surface area contributed by atoms with Crippen molar-refractivity contribution in [2.75, 3.05) is 0 Å². The Kier molecular flexibility index (Phi) is 2.37. The standard InChI is InChI=1S/C8H8N2O4/c1-4-3-6(11)9-8(14)10(4)5(2)7(12)13/h3H,2H2,1H3,(H,12,13)(H,9,11,14). The first-order chi connectivity index (χ1) is 6.43. The topological polar surface area (TPSA) is 92.2 Å². The van der Waals surface area contributed by atoms with Crippen LogP contribution in [0.3, 0.4) is 0 Å². The first-order valence-corrected chi connectivity index (χ1v) is 3.69. The third kappa shape index (κ3) is 1.63. The number of carbonyl (C=O) groups is 1. The van der Waals surface area contributed by atoms with Crippen LogP contribution < -0.4 is 11.2 Å². The second-order valence-corrected chi connectivity index (χ2v) is 2.67. The first kappa shape index (κ1) is 9.97. The van der Waals surface area contributed by atoms with Crippen LogP contribution in [0.4, 0.5) is 0 Å². The van der Waals surface area contributed by atoms with Gasteiger partial charge in [-0.1, -0.05) is 6.58 Å². The fourth-order valence-corrected chi connectivity index (χ4v) is 1.04.